The van der Waals surface area contributed by atoms with E-state index in [0.717, 1.165) is 52.1 Å². The van der Waals surface area contributed by atoms with Crippen molar-refractivity contribution in [2.45, 2.75) is 26.3 Å². The summed E-state index contributed by atoms with van der Waals surface area (Å²) in [6.45, 7) is 9.75. The van der Waals surface area contributed by atoms with E-state index >= 15 is 0 Å². The van der Waals surface area contributed by atoms with Crippen LogP contribution in [0.3, 0.4) is 0 Å². The van der Waals surface area contributed by atoms with Crippen LogP contribution >= 0.6 is 11.6 Å². The van der Waals surface area contributed by atoms with E-state index in [2.05, 4.69) is 22.0 Å². The van der Waals surface area contributed by atoms with Crippen molar-refractivity contribution >= 4 is 17.6 Å². The van der Waals surface area contributed by atoms with Crippen molar-refractivity contribution in [3.63, 3.8) is 0 Å². The van der Waals surface area contributed by atoms with Gasteiger partial charge in [-0.2, -0.15) is 0 Å². The highest BCUT2D eigenvalue weighted by molar-refractivity contribution is 6.31. The number of piperazine rings is 1. The van der Waals surface area contributed by atoms with Crippen LogP contribution in [0.25, 0.3) is 0 Å². The Hall–Kier alpha value is -1.37. The van der Waals surface area contributed by atoms with E-state index in [1.165, 1.54) is 11.0 Å². The second kappa shape index (κ2) is 10.7. The van der Waals surface area contributed by atoms with Crippen molar-refractivity contribution in [1.82, 2.24) is 20.0 Å². The molecule has 1 N–H and O–H groups in total. The molecule has 0 bridgehead atoms. The molecule has 5 nitrogen and oxygen atoms in total. The molecular formula is C19H30ClFN4O. The summed E-state index contributed by atoms with van der Waals surface area (Å²) >= 11 is 6.01. The van der Waals surface area contributed by atoms with Gasteiger partial charge in [0, 0.05) is 50.4 Å². The van der Waals surface area contributed by atoms with E-state index in [4.69, 9.17) is 11.6 Å². The molecule has 7 heteroatoms. The third-order valence-corrected chi connectivity index (χ3v) is 5.25. The second-order valence-electron chi connectivity index (χ2n) is 6.77. The molecule has 0 unspecified atom stereocenters. The molecule has 0 saturated carbocycles. The van der Waals surface area contributed by atoms with Crippen molar-refractivity contribution in [3.05, 3.63) is 34.6 Å². The Morgan fingerprint density at radius 1 is 1.23 bits per heavy atom. The summed E-state index contributed by atoms with van der Waals surface area (Å²) in [6.07, 6.45) is 2.00. The maximum Gasteiger partial charge on any atom is 0.317 e. The molecule has 2 rings (SSSR count). The van der Waals surface area contributed by atoms with Crippen molar-refractivity contribution in [3.8, 4) is 0 Å². The van der Waals surface area contributed by atoms with Crippen molar-refractivity contribution in [1.29, 1.82) is 0 Å². The largest absolute Gasteiger partial charge is 0.338 e. The summed E-state index contributed by atoms with van der Waals surface area (Å²) < 4.78 is 13.8. The lowest BCUT2D eigenvalue weighted by molar-refractivity contribution is 0.135. The Kier molecular flexibility index (Phi) is 8.62. The number of nitrogens with one attached hydrogen (secondary N) is 1. The zero-order valence-corrected chi connectivity index (χ0v) is 16.6. The van der Waals surface area contributed by atoms with Crippen LogP contribution in [0.4, 0.5) is 9.18 Å². The molecule has 1 fully saturated rings. The lowest BCUT2D eigenvalue weighted by atomic mass is 10.2. The summed E-state index contributed by atoms with van der Waals surface area (Å²) in [5, 5.41) is 3.23. The molecule has 1 aromatic rings. The SMILES string of the molecule is CCN1CCN(CCCCNC(=O)N(C)Cc2c(F)cccc2Cl)CC1. The maximum absolute atomic E-state index is 13.8. The second-order valence-corrected chi connectivity index (χ2v) is 7.18. The van der Waals surface area contributed by atoms with Gasteiger partial charge in [-0.05, 0) is 38.1 Å². The Labute approximate surface area is 161 Å². The number of likely N-dealkylation sites (N-methyl/N-ethyl adjacent to an activating group) is 1. The number of carbonyl (C=O) groups excluding carboxylic acids is 1. The average Bonchev–Trinajstić information content (AvgIpc) is 2.64. The van der Waals surface area contributed by atoms with Crippen LogP contribution in [0.5, 0.6) is 0 Å². The van der Waals surface area contributed by atoms with Crippen molar-refractivity contribution < 1.29 is 9.18 Å². The third kappa shape index (κ3) is 6.41. The van der Waals surface area contributed by atoms with E-state index in [-0.39, 0.29) is 18.4 Å². The number of halogens is 2. The number of benzene rings is 1. The van der Waals surface area contributed by atoms with Crippen LogP contribution in [-0.2, 0) is 6.54 Å². The number of urea groups is 1. The first-order valence-electron chi connectivity index (χ1n) is 9.37. The Balaban J connectivity index is 1.61. The van der Waals surface area contributed by atoms with E-state index in [0.29, 0.717) is 17.1 Å². The Morgan fingerprint density at radius 3 is 2.58 bits per heavy atom. The predicted molar refractivity (Wildman–Crippen MR) is 104 cm³/mol. The van der Waals surface area contributed by atoms with E-state index in [1.807, 2.05) is 0 Å². The fourth-order valence-corrected chi connectivity index (χ4v) is 3.33. The fraction of sp³-hybridized carbons (Fsp3) is 0.632. The molecule has 1 saturated heterocycles. The molecule has 26 heavy (non-hydrogen) atoms. The molecule has 0 spiro atoms. The Bertz CT molecular complexity index is 558. The molecule has 0 radical (unpaired) electrons. The number of unbranched alkanes of at least 4 members (excludes halogenated alkanes) is 1. The highest BCUT2D eigenvalue weighted by Gasteiger charge is 2.15. The molecule has 1 aromatic carbocycles. The maximum atomic E-state index is 13.8. The molecule has 1 heterocycles. The summed E-state index contributed by atoms with van der Waals surface area (Å²) in [5.41, 5.74) is 0.345. The minimum atomic E-state index is -0.389. The van der Waals surface area contributed by atoms with Crippen LogP contribution < -0.4 is 5.32 Å². The lowest BCUT2D eigenvalue weighted by Gasteiger charge is -2.34. The van der Waals surface area contributed by atoms with Gasteiger partial charge in [-0.1, -0.05) is 24.6 Å². The number of rotatable bonds is 8. The molecule has 1 aliphatic heterocycles. The molecule has 2 amide bonds. The zero-order chi connectivity index (χ0) is 18.9. The van der Waals surface area contributed by atoms with Gasteiger partial charge in [-0.3, -0.25) is 0 Å². The molecule has 1 aliphatic rings. The number of hydrogen-bond acceptors (Lipinski definition) is 3. The topological polar surface area (TPSA) is 38.8 Å². The quantitative estimate of drug-likeness (QED) is 0.700. The predicted octanol–water partition coefficient (Wildman–Crippen LogP) is 3.04. The fourth-order valence-electron chi connectivity index (χ4n) is 3.11. The van der Waals surface area contributed by atoms with Crippen molar-refractivity contribution in [2.75, 3.05) is 52.9 Å². The van der Waals surface area contributed by atoms with Gasteiger partial charge in [0.15, 0.2) is 0 Å². The smallest absolute Gasteiger partial charge is 0.317 e. The van der Waals surface area contributed by atoms with Gasteiger partial charge in [0.05, 0.1) is 6.54 Å². The highest BCUT2D eigenvalue weighted by Crippen LogP contribution is 2.20. The van der Waals surface area contributed by atoms with Gasteiger partial charge < -0.3 is 20.0 Å². The minimum Gasteiger partial charge on any atom is -0.338 e. The van der Waals surface area contributed by atoms with Gasteiger partial charge in [0.1, 0.15) is 5.82 Å². The normalized spacial score (nSPS) is 15.8. The zero-order valence-electron chi connectivity index (χ0n) is 15.8. The standard InChI is InChI=1S/C19H30ClFN4O/c1-3-24-11-13-25(14-12-24)10-5-4-9-22-19(26)23(2)15-16-17(20)7-6-8-18(16)21/h6-8H,3-5,9-15H2,1-2H3,(H,22,26). The van der Waals surface area contributed by atoms with E-state index in [1.54, 1.807) is 19.2 Å². The number of amides is 2. The number of carbonyl (C=O) groups is 1. The van der Waals surface area contributed by atoms with Crippen LogP contribution in [0, 0.1) is 5.82 Å². The molecule has 0 aromatic heterocycles. The van der Waals surface area contributed by atoms with Gasteiger partial charge in [0.2, 0.25) is 0 Å². The average molecular weight is 385 g/mol. The summed E-state index contributed by atoms with van der Waals surface area (Å²) in [4.78, 5) is 18.5. The molecular weight excluding hydrogens is 355 g/mol. The van der Waals surface area contributed by atoms with Gasteiger partial charge in [-0.25, -0.2) is 9.18 Å². The van der Waals surface area contributed by atoms with Crippen LogP contribution in [-0.4, -0.2) is 73.6 Å². The summed E-state index contributed by atoms with van der Waals surface area (Å²) in [6, 6.07) is 4.34. The molecule has 0 atom stereocenters. The van der Waals surface area contributed by atoms with Crippen LogP contribution in [0.1, 0.15) is 25.3 Å². The monoisotopic (exact) mass is 384 g/mol. The third-order valence-electron chi connectivity index (χ3n) is 4.89. The van der Waals surface area contributed by atoms with Crippen molar-refractivity contribution in [2.24, 2.45) is 0 Å². The first-order valence-corrected chi connectivity index (χ1v) is 9.75. The van der Waals surface area contributed by atoms with Gasteiger partial charge in [-0.15, -0.1) is 0 Å². The summed E-state index contributed by atoms with van der Waals surface area (Å²) in [7, 11) is 1.64. The number of nitrogens with zero attached hydrogens (tertiary/aromatic N) is 3. The van der Waals surface area contributed by atoms with Crippen LogP contribution in [0.2, 0.25) is 5.02 Å². The molecule has 0 aliphatic carbocycles. The van der Waals surface area contributed by atoms with Gasteiger partial charge in [0.25, 0.3) is 0 Å². The van der Waals surface area contributed by atoms with E-state index < -0.39 is 0 Å². The van der Waals surface area contributed by atoms with Crippen LogP contribution in [0.15, 0.2) is 18.2 Å². The number of hydrogen-bond donors (Lipinski definition) is 1. The van der Waals surface area contributed by atoms with Gasteiger partial charge >= 0.3 is 6.03 Å². The Morgan fingerprint density at radius 2 is 1.92 bits per heavy atom. The lowest BCUT2D eigenvalue weighted by Crippen LogP contribution is -2.46. The highest BCUT2D eigenvalue weighted by atomic mass is 35.5. The first-order chi connectivity index (χ1) is 12.5. The molecule has 146 valence electrons. The summed E-state index contributed by atoms with van der Waals surface area (Å²) in [5.74, 6) is -0.389. The minimum absolute atomic E-state index is 0.152. The van der Waals surface area contributed by atoms with E-state index in [9.17, 15) is 9.18 Å². The first kappa shape index (κ1) is 20.9.